The molecule has 0 N–H and O–H groups in total. The molecule has 0 atom stereocenters. The average Bonchev–Trinajstić information content (AvgIpc) is 2.45. The highest BCUT2D eigenvalue weighted by Crippen LogP contribution is 2.16. The normalized spacial score (nSPS) is 11.2. The van der Waals surface area contributed by atoms with Crippen LogP contribution in [-0.4, -0.2) is 4.98 Å². The maximum absolute atomic E-state index is 4.61. The third-order valence-electron chi connectivity index (χ3n) is 2.92. The van der Waals surface area contributed by atoms with Crippen molar-refractivity contribution < 1.29 is 0 Å². The van der Waals surface area contributed by atoms with E-state index in [-0.39, 0.29) is 0 Å². The number of benzene rings is 2. The van der Waals surface area contributed by atoms with Crippen LogP contribution < -0.4 is 0 Å². The second-order valence-corrected chi connectivity index (χ2v) is 5.23. The molecule has 0 radical (unpaired) electrons. The van der Waals surface area contributed by atoms with Crippen molar-refractivity contribution in [3.63, 3.8) is 0 Å². The molecule has 0 amide bonds. The standard InChI is InChI=1S/C17H12BrN/c18-15-6-3-4-13(12-15)8-10-16-11-9-14-5-1-2-7-17(14)19-16/h1-12H/b10-8+. The highest BCUT2D eigenvalue weighted by Gasteiger charge is 1.95. The Morgan fingerprint density at radius 3 is 2.63 bits per heavy atom. The van der Waals surface area contributed by atoms with Gasteiger partial charge in [-0.1, -0.05) is 58.4 Å². The van der Waals surface area contributed by atoms with Crippen LogP contribution in [0.15, 0.2) is 65.1 Å². The van der Waals surface area contributed by atoms with E-state index in [9.17, 15) is 0 Å². The van der Waals surface area contributed by atoms with Gasteiger partial charge in [-0.3, -0.25) is 0 Å². The Morgan fingerprint density at radius 1 is 0.842 bits per heavy atom. The number of para-hydroxylation sites is 1. The summed E-state index contributed by atoms with van der Waals surface area (Å²) in [7, 11) is 0. The van der Waals surface area contributed by atoms with E-state index in [0.29, 0.717) is 0 Å². The molecule has 0 spiro atoms. The minimum atomic E-state index is 0.971. The number of rotatable bonds is 2. The monoisotopic (exact) mass is 309 g/mol. The molecule has 0 bridgehead atoms. The molecule has 0 aliphatic carbocycles. The maximum atomic E-state index is 4.61. The van der Waals surface area contributed by atoms with Gasteiger partial charge in [-0.15, -0.1) is 0 Å². The first-order valence-electron chi connectivity index (χ1n) is 6.11. The van der Waals surface area contributed by atoms with E-state index >= 15 is 0 Å². The Labute approximate surface area is 120 Å². The lowest BCUT2D eigenvalue weighted by Crippen LogP contribution is -1.82. The van der Waals surface area contributed by atoms with Crippen LogP contribution in [0.1, 0.15) is 11.3 Å². The van der Waals surface area contributed by atoms with Crippen molar-refractivity contribution >= 4 is 39.0 Å². The Balaban J connectivity index is 1.92. The lowest BCUT2D eigenvalue weighted by atomic mass is 10.1. The number of nitrogens with zero attached hydrogens (tertiary/aromatic N) is 1. The number of fused-ring (bicyclic) bond motifs is 1. The second-order valence-electron chi connectivity index (χ2n) is 4.32. The van der Waals surface area contributed by atoms with Gasteiger partial charge in [0.1, 0.15) is 0 Å². The molecule has 92 valence electrons. The molecule has 1 nitrogen and oxygen atoms in total. The molecule has 0 fully saturated rings. The fourth-order valence-electron chi connectivity index (χ4n) is 1.97. The van der Waals surface area contributed by atoms with E-state index in [1.165, 1.54) is 5.39 Å². The molecule has 0 saturated heterocycles. The Kier molecular flexibility index (Phi) is 3.43. The number of hydrogen-bond acceptors (Lipinski definition) is 1. The molecular weight excluding hydrogens is 298 g/mol. The molecule has 0 saturated carbocycles. The summed E-state index contributed by atoms with van der Waals surface area (Å²) in [5.41, 5.74) is 3.15. The molecule has 0 aliphatic heterocycles. The van der Waals surface area contributed by atoms with Gasteiger partial charge in [0.2, 0.25) is 0 Å². The zero-order chi connectivity index (χ0) is 13.1. The lowest BCUT2D eigenvalue weighted by Gasteiger charge is -1.99. The molecule has 3 aromatic rings. The van der Waals surface area contributed by atoms with Crippen LogP contribution >= 0.6 is 15.9 Å². The van der Waals surface area contributed by atoms with Crippen LogP contribution in [-0.2, 0) is 0 Å². The van der Waals surface area contributed by atoms with E-state index in [0.717, 1.165) is 21.2 Å². The van der Waals surface area contributed by atoms with Crippen LogP contribution in [0, 0.1) is 0 Å². The van der Waals surface area contributed by atoms with Gasteiger partial charge in [-0.2, -0.15) is 0 Å². The minimum Gasteiger partial charge on any atom is -0.248 e. The summed E-state index contributed by atoms with van der Waals surface area (Å²) in [6.45, 7) is 0. The van der Waals surface area contributed by atoms with Crippen molar-refractivity contribution in [1.29, 1.82) is 0 Å². The van der Waals surface area contributed by atoms with Crippen molar-refractivity contribution in [2.45, 2.75) is 0 Å². The molecule has 1 aromatic heterocycles. The van der Waals surface area contributed by atoms with E-state index in [4.69, 9.17) is 0 Å². The van der Waals surface area contributed by atoms with Gasteiger partial charge in [-0.25, -0.2) is 4.98 Å². The van der Waals surface area contributed by atoms with Crippen LogP contribution in [0.4, 0.5) is 0 Å². The molecular formula is C17H12BrN. The van der Waals surface area contributed by atoms with E-state index < -0.39 is 0 Å². The first-order valence-corrected chi connectivity index (χ1v) is 6.90. The fourth-order valence-corrected chi connectivity index (χ4v) is 2.38. The molecule has 0 aliphatic rings. The second kappa shape index (κ2) is 5.37. The fraction of sp³-hybridized carbons (Fsp3) is 0. The van der Waals surface area contributed by atoms with Crippen LogP contribution in [0.25, 0.3) is 23.1 Å². The van der Waals surface area contributed by atoms with Crippen molar-refractivity contribution in [3.8, 4) is 0 Å². The summed E-state index contributed by atoms with van der Waals surface area (Å²) >= 11 is 3.47. The molecule has 0 unspecified atom stereocenters. The van der Waals surface area contributed by atoms with Gasteiger partial charge in [0, 0.05) is 9.86 Å². The van der Waals surface area contributed by atoms with Gasteiger partial charge < -0.3 is 0 Å². The summed E-state index contributed by atoms with van der Waals surface area (Å²) in [6, 6.07) is 20.5. The smallest absolute Gasteiger partial charge is 0.0709 e. The topological polar surface area (TPSA) is 12.9 Å². The number of pyridine rings is 1. The lowest BCUT2D eigenvalue weighted by molar-refractivity contribution is 1.37. The first kappa shape index (κ1) is 12.1. The summed E-state index contributed by atoms with van der Waals surface area (Å²) in [5.74, 6) is 0. The van der Waals surface area contributed by atoms with Crippen LogP contribution in [0.5, 0.6) is 0 Å². The Morgan fingerprint density at radius 2 is 1.74 bits per heavy atom. The quantitative estimate of drug-likeness (QED) is 0.636. The highest BCUT2D eigenvalue weighted by molar-refractivity contribution is 9.10. The highest BCUT2D eigenvalue weighted by atomic mass is 79.9. The van der Waals surface area contributed by atoms with Crippen molar-refractivity contribution in [2.75, 3.05) is 0 Å². The molecule has 3 rings (SSSR count). The van der Waals surface area contributed by atoms with Crippen molar-refractivity contribution in [1.82, 2.24) is 4.98 Å². The van der Waals surface area contributed by atoms with E-state index in [1.54, 1.807) is 0 Å². The molecule has 1 heterocycles. The zero-order valence-corrected chi connectivity index (χ0v) is 11.8. The van der Waals surface area contributed by atoms with Crippen LogP contribution in [0.3, 0.4) is 0 Å². The zero-order valence-electron chi connectivity index (χ0n) is 10.3. The summed E-state index contributed by atoms with van der Waals surface area (Å²) in [6.07, 6.45) is 4.11. The predicted octanol–water partition coefficient (Wildman–Crippen LogP) is 5.17. The predicted molar refractivity (Wildman–Crippen MR) is 84.8 cm³/mol. The SMILES string of the molecule is Brc1cccc(/C=C/c2ccc3ccccc3n2)c1. The van der Waals surface area contributed by atoms with Gasteiger partial charge in [0.15, 0.2) is 0 Å². The van der Waals surface area contributed by atoms with Gasteiger partial charge in [0.05, 0.1) is 11.2 Å². The number of halogens is 1. The van der Waals surface area contributed by atoms with E-state index in [2.05, 4.69) is 51.3 Å². The molecule has 2 aromatic carbocycles. The summed E-state index contributed by atoms with van der Waals surface area (Å²) < 4.78 is 1.08. The van der Waals surface area contributed by atoms with E-state index in [1.807, 2.05) is 42.5 Å². The average molecular weight is 310 g/mol. The first-order chi connectivity index (χ1) is 9.31. The Hall–Kier alpha value is -1.93. The maximum Gasteiger partial charge on any atom is 0.0709 e. The van der Waals surface area contributed by atoms with Gasteiger partial charge in [0.25, 0.3) is 0 Å². The Bertz CT molecular complexity index is 747. The number of aromatic nitrogens is 1. The summed E-state index contributed by atoms with van der Waals surface area (Å²) in [5, 5.41) is 1.17. The third-order valence-corrected chi connectivity index (χ3v) is 3.41. The summed E-state index contributed by atoms with van der Waals surface area (Å²) in [4.78, 5) is 4.61. The van der Waals surface area contributed by atoms with Gasteiger partial charge in [-0.05, 0) is 35.9 Å². The number of hydrogen-bond donors (Lipinski definition) is 0. The van der Waals surface area contributed by atoms with Crippen molar-refractivity contribution in [3.05, 3.63) is 76.4 Å². The minimum absolute atomic E-state index is 0.971. The molecule has 19 heavy (non-hydrogen) atoms. The van der Waals surface area contributed by atoms with Crippen molar-refractivity contribution in [2.24, 2.45) is 0 Å². The largest absolute Gasteiger partial charge is 0.248 e. The third kappa shape index (κ3) is 2.91. The van der Waals surface area contributed by atoms with Gasteiger partial charge >= 0.3 is 0 Å². The molecule has 2 heteroatoms. The van der Waals surface area contributed by atoms with Crippen LogP contribution in [0.2, 0.25) is 0 Å².